The third-order valence-electron chi connectivity index (χ3n) is 3.61. The van der Waals surface area contributed by atoms with Crippen molar-refractivity contribution in [1.82, 2.24) is 4.90 Å². The van der Waals surface area contributed by atoms with E-state index >= 15 is 0 Å². The Labute approximate surface area is 133 Å². The number of carbonyl (C=O) groups is 1. The summed E-state index contributed by atoms with van der Waals surface area (Å²) >= 11 is 3.31. The second-order valence-corrected chi connectivity index (χ2v) is 6.12. The summed E-state index contributed by atoms with van der Waals surface area (Å²) in [6, 6.07) is 4.89. The average Bonchev–Trinajstić information content (AvgIpc) is 2.79. The molecule has 2 atom stereocenters. The predicted octanol–water partition coefficient (Wildman–Crippen LogP) is 3.10. The number of halogens is 3. The number of nitrogens with two attached hydrogens (primary N) is 1. The molecule has 20 heavy (non-hydrogen) atoms. The van der Waals surface area contributed by atoms with Crippen LogP contribution in [0.25, 0.3) is 0 Å². The molecule has 3 nitrogen and oxygen atoms in total. The fraction of sp³-hybridized carbons (Fsp3) is 0.500. The monoisotopic (exact) mass is 364 g/mol. The summed E-state index contributed by atoms with van der Waals surface area (Å²) in [5.41, 5.74) is 6.34. The van der Waals surface area contributed by atoms with Crippen LogP contribution in [-0.4, -0.2) is 23.9 Å². The zero-order chi connectivity index (χ0) is 14.0. The number of rotatable bonds is 3. The maximum absolute atomic E-state index is 13.7. The van der Waals surface area contributed by atoms with E-state index in [-0.39, 0.29) is 42.6 Å². The molecule has 1 aliphatic carbocycles. The van der Waals surface area contributed by atoms with Gasteiger partial charge in [-0.15, -0.1) is 12.4 Å². The van der Waals surface area contributed by atoms with Crippen molar-refractivity contribution in [3.05, 3.63) is 34.1 Å². The van der Waals surface area contributed by atoms with E-state index in [1.165, 1.54) is 6.07 Å². The van der Waals surface area contributed by atoms with Gasteiger partial charge in [-0.05, 0) is 37.5 Å². The van der Waals surface area contributed by atoms with E-state index in [0.29, 0.717) is 5.56 Å². The van der Waals surface area contributed by atoms with Gasteiger partial charge in [0.05, 0.1) is 0 Å². The zero-order valence-corrected chi connectivity index (χ0v) is 13.7. The second kappa shape index (κ2) is 7.38. The molecule has 2 rings (SSSR count). The largest absolute Gasteiger partial charge is 0.341 e. The normalized spacial score (nSPS) is 21.4. The molecular formula is C14H19BrClFN2O. The summed E-state index contributed by atoms with van der Waals surface area (Å²) in [5.74, 6) is -0.228. The molecule has 2 unspecified atom stereocenters. The van der Waals surface area contributed by atoms with Crippen LogP contribution in [0.3, 0.4) is 0 Å². The van der Waals surface area contributed by atoms with Crippen LogP contribution >= 0.6 is 28.3 Å². The summed E-state index contributed by atoms with van der Waals surface area (Å²) in [5, 5.41) is 0. The lowest BCUT2D eigenvalue weighted by Crippen LogP contribution is -2.32. The Hall–Kier alpha value is -0.650. The van der Waals surface area contributed by atoms with Gasteiger partial charge in [0.25, 0.3) is 0 Å². The molecule has 1 aliphatic rings. The summed E-state index contributed by atoms with van der Waals surface area (Å²) in [4.78, 5) is 13.8. The van der Waals surface area contributed by atoms with Crippen LogP contribution in [-0.2, 0) is 11.3 Å². The highest BCUT2D eigenvalue weighted by Crippen LogP contribution is 2.26. The fourth-order valence-electron chi connectivity index (χ4n) is 2.55. The van der Waals surface area contributed by atoms with Crippen molar-refractivity contribution in [3.63, 3.8) is 0 Å². The first-order valence-electron chi connectivity index (χ1n) is 6.42. The molecule has 1 saturated carbocycles. The zero-order valence-electron chi connectivity index (χ0n) is 11.3. The predicted molar refractivity (Wildman–Crippen MR) is 83.1 cm³/mol. The Kier molecular flexibility index (Phi) is 6.43. The van der Waals surface area contributed by atoms with Gasteiger partial charge in [0.2, 0.25) is 5.91 Å². The highest BCUT2D eigenvalue weighted by atomic mass is 79.9. The minimum absolute atomic E-state index is 0. The first-order valence-corrected chi connectivity index (χ1v) is 7.21. The van der Waals surface area contributed by atoms with Gasteiger partial charge >= 0.3 is 0 Å². The molecule has 1 aromatic carbocycles. The molecular weight excluding hydrogens is 347 g/mol. The number of nitrogens with zero attached hydrogens (tertiary/aromatic N) is 1. The van der Waals surface area contributed by atoms with E-state index < -0.39 is 0 Å². The minimum atomic E-state index is -0.286. The smallest absolute Gasteiger partial charge is 0.225 e. The third-order valence-corrected chi connectivity index (χ3v) is 4.11. The summed E-state index contributed by atoms with van der Waals surface area (Å²) in [7, 11) is 1.71. The molecule has 0 spiro atoms. The van der Waals surface area contributed by atoms with Crippen molar-refractivity contribution in [2.75, 3.05) is 7.05 Å². The van der Waals surface area contributed by atoms with Crippen molar-refractivity contribution >= 4 is 34.2 Å². The van der Waals surface area contributed by atoms with Crippen LogP contribution < -0.4 is 5.73 Å². The molecule has 2 N–H and O–H groups in total. The Morgan fingerprint density at radius 2 is 2.20 bits per heavy atom. The number of hydrogen-bond acceptors (Lipinski definition) is 2. The van der Waals surface area contributed by atoms with Gasteiger partial charge in [0, 0.05) is 35.6 Å². The van der Waals surface area contributed by atoms with Crippen LogP contribution in [0.4, 0.5) is 4.39 Å². The maximum atomic E-state index is 13.7. The maximum Gasteiger partial charge on any atom is 0.225 e. The topological polar surface area (TPSA) is 46.3 Å². The third kappa shape index (κ3) is 4.17. The SMILES string of the molecule is CN(Cc1cc(Br)ccc1F)C(=O)C1CCC(N)C1.Cl. The highest BCUT2D eigenvalue weighted by Gasteiger charge is 2.29. The molecule has 0 aliphatic heterocycles. The van der Waals surface area contributed by atoms with Crippen molar-refractivity contribution in [3.8, 4) is 0 Å². The molecule has 0 heterocycles. The molecule has 0 aromatic heterocycles. The van der Waals surface area contributed by atoms with Crippen LogP contribution in [0.1, 0.15) is 24.8 Å². The van der Waals surface area contributed by atoms with Gasteiger partial charge in [-0.1, -0.05) is 15.9 Å². The van der Waals surface area contributed by atoms with Gasteiger partial charge in [-0.25, -0.2) is 4.39 Å². The lowest BCUT2D eigenvalue weighted by Gasteiger charge is -2.21. The van der Waals surface area contributed by atoms with Crippen molar-refractivity contribution < 1.29 is 9.18 Å². The van der Waals surface area contributed by atoms with E-state index in [1.54, 1.807) is 24.1 Å². The van der Waals surface area contributed by atoms with E-state index in [4.69, 9.17) is 5.73 Å². The first-order chi connectivity index (χ1) is 8.97. The Balaban J connectivity index is 0.00000200. The molecule has 1 amide bonds. The summed E-state index contributed by atoms with van der Waals surface area (Å²) in [6.07, 6.45) is 2.48. The number of benzene rings is 1. The van der Waals surface area contributed by atoms with Crippen molar-refractivity contribution in [1.29, 1.82) is 0 Å². The first kappa shape index (κ1) is 17.4. The fourth-order valence-corrected chi connectivity index (χ4v) is 2.96. The van der Waals surface area contributed by atoms with Crippen molar-refractivity contribution in [2.45, 2.75) is 31.8 Å². The van der Waals surface area contributed by atoms with Gasteiger partial charge in [-0.3, -0.25) is 4.79 Å². The van der Waals surface area contributed by atoms with E-state index in [1.807, 2.05) is 0 Å². The summed E-state index contributed by atoms with van der Waals surface area (Å²) in [6.45, 7) is 0.288. The standard InChI is InChI=1S/C14H18BrFN2O.ClH/c1-18(14(19)9-2-4-12(17)7-9)8-10-6-11(15)3-5-13(10)16;/h3,5-6,9,12H,2,4,7-8,17H2,1H3;1H. The minimum Gasteiger partial charge on any atom is -0.341 e. The van der Waals surface area contributed by atoms with Gasteiger partial charge < -0.3 is 10.6 Å². The van der Waals surface area contributed by atoms with E-state index in [0.717, 1.165) is 23.7 Å². The number of amides is 1. The molecule has 0 radical (unpaired) electrons. The van der Waals surface area contributed by atoms with E-state index in [9.17, 15) is 9.18 Å². The Morgan fingerprint density at radius 1 is 1.50 bits per heavy atom. The number of carbonyl (C=O) groups excluding carboxylic acids is 1. The molecule has 1 aromatic rings. The van der Waals surface area contributed by atoms with Crippen LogP contribution in [0, 0.1) is 11.7 Å². The molecule has 1 fully saturated rings. The lowest BCUT2D eigenvalue weighted by molar-refractivity contribution is -0.134. The van der Waals surface area contributed by atoms with Gasteiger partial charge in [0.1, 0.15) is 5.82 Å². The Morgan fingerprint density at radius 3 is 2.80 bits per heavy atom. The van der Waals surface area contributed by atoms with Crippen LogP contribution in [0.2, 0.25) is 0 Å². The average molecular weight is 366 g/mol. The highest BCUT2D eigenvalue weighted by molar-refractivity contribution is 9.10. The van der Waals surface area contributed by atoms with E-state index in [2.05, 4.69) is 15.9 Å². The lowest BCUT2D eigenvalue weighted by atomic mass is 10.1. The van der Waals surface area contributed by atoms with Crippen LogP contribution in [0.15, 0.2) is 22.7 Å². The van der Waals surface area contributed by atoms with Gasteiger partial charge in [-0.2, -0.15) is 0 Å². The molecule has 0 bridgehead atoms. The quantitative estimate of drug-likeness (QED) is 0.894. The van der Waals surface area contributed by atoms with Crippen molar-refractivity contribution in [2.24, 2.45) is 11.7 Å². The van der Waals surface area contributed by atoms with Crippen LogP contribution in [0.5, 0.6) is 0 Å². The Bertz CT molecular complexity index is 486. The second-order valence-electron chi connectivity index (χ2n) is 5.20. The summed E-state index contributed by atoms with van der Waals surface area (Å²) < 4.78 is 14.5. The molecule has 112 valence electrons. The molecule has 0 saturated heterocycles. The molecule has 6 heteroatoms. The number of hydrogen-bond donors (Lipinski definition) is 1. The van der Waals surface area contributed by atoms with Gasteiger partial charge in [0.15, 0.2) is 0 Å².